The zero-order chi connectivity index (χ0) is 29.3. The summed E-state index contributed by atoms with van der Waals surface area (Å²) in [5.41, 5.74) is 4.00. The summed E-state index contributed by atoms with van der Waals surface area (Å²) >= 11 is 0. The van der Waals surface area contributed by atoms with E-state index in [4.69, 9.17) is 0 Å². The molecule has 0 spiro atoms. The van der Waals surface area contributed by atoms with E-state index in [9.17, 15) is 18.0 Å². The molecule has 3 aromatic carbocycles. The van der Waals surface area contributed by atoms with Crippen LogP contribution < -0.4 is 10.5 Å². The zero-order valence-electron chi connectivity index (χ0n) is 23.3. The molecule has 0 amide bonds. The highest BCUT2D eigenvalue weighted by Gasteiger charge is 2.31. The molecule has 5 rings (SSSR count). The van der Waals surface area contributed by atoms with Gasteiger partial charge in [-0.2, -0.15) is 22.9 Å². The van der Waals surface area contributed by atoms with Gasteiger partial charge in [0.05, 0.1) is 22.7 Å². The minimum atomic E-state index is -4.54. The maximum absolute atomic E-state index is 13.5. The fourth-order valence-corrected chi connectivity index (χ4v) is 5.09. The van der Waals surface area contributed by atoms with Crippen molar-refractivity contribution in [1.29, 1.82) is 0 Å². The van der Waals surface area contributed by atoms with Gasteiger partial charge in [-0.3, -0.25) is 4.79 Å². The van der Waals surface area contributed by atoms with Gasteiger partial charge in [-0.15, -0.1) is 0 Å². The largest absolute Gasteiger partial charge is 0.416 e. The predicted molar refractivity (Wildman–Crippen MR) is 158 cm³/mol. The maximum atomic E-state index is 13.5. The van der Waals surface area contributed by atoms with Gasteiger partial charge in [0.25, 0.3) is 5.56 Å². The summed E-state index contributed by atoms with van der Waals surface area (Å²) in [6.45, 7) is 10.0. The van der Waals surface area contributed by atoms with Gasteiger partial charge in [0.15, 0.2) is 5.82 Å². The Labute approximate surface area is 236 Å². The number of nitrogens with zero attached hydrogens (tertiary/aromatic N) is 5. The molecule has 6 nitrogen and oxygen atoms in total. The van der Waals surface area contributed by atoms with Gasteiger partial charge < -0.3 is 9.47 Å². The first kappa shape index (κ1) is 27.9. The molecule has 0 saturated carbocycles. The Bertz CT molecular complexity index is 1800. The molecule has 0 radical (unpaired) electrons. The topological polar surface area (TPSA) is 55.4 Å². The van der Waals surface area contributed by atoms with Crippen LogP contribution in [0.2, 0.25) is 0 Å². The molecule has 5 aromatic rings. The van der Waals surface area contributed by atoms with Crippen molar-refractivity contribution in [2.45, 2.75) is 33.9 Å². The molecular weight excluding hydrogens is 527 g/mol. The van der Waals surface area contributed by atoms with Crippen molar-refractivity contribution in [2.24, 2.45) is 5.10 Å². The van der Waals surface area contributed by atoms with Crippen LogP contribution in [0.25, 0.3) is 28.0 Å². The van der Waals surface area contributed by atoms with Crippen molar-refractivity contribution in [3.63, 3.8) is 0 Å². The number of benzene rings is 3. The van der Waals surface area contributed by atoms with E-state index in [0.29, 0.717) is 10.9 Å². The lowest BCUT2D eigenvalue weighted by Gasteiger charge is -2.21. The van der Waals surface area contributed by atoms with Crippen LogP contribution >= 0.6 is 0 Å². The Morgan fingerprint density at radius 1 is 0.927 bits per heavy atom. The average Bonchev–Trinajstić information content (AvgIpc) is 3.25. The summed E-state index contributed by atoms with van der Waals surface area (Å²) in [6, 6.07) is 21.8. The lowest BCUT2D eigenvalue weighted by atomic mass is 10.1. The van der Waals surface area contributed by atoms with Crippen LogP contribution in [0.5, 0.6) is 0 Å². The molecule has 0 aliphatic rings. The van der Waals surface area contributed by atoms with Gasteiger partial charge in [-0.1, -0.05) is 24.3 Å². The van der Waals surface area contributed by atoms with Crippen LogP contribution in [0.3, 0.4) is 0 Å². The van der Waals surface area contributed by atoms with Crippen molar-refractivity contribution in [3.05, 3.63) is 112 Å². The molecule has 0 aliphatic heterocycles. The van der Waals surface area contributed by atoms with E-state index in [1.54, 1.807) is 30.5 Å². The minimum absolute atomic E-state index is 0.0249. The van der Waals surface area contributed by atoms with E-state index < -0.39 is 17.3 Å². The highest BCUT2D eigenvalue weighted by Crippen LogP contribution is 2.32. The van der Waals surface area contributed by atoms with Crippen molar-refractivity contribution in [1.82, 2.24) is 14.2 Å². The lowest BCUT2D eigenvalue weighted by Crippen LogP contribution is -2.21. The number of hydrogen-bond acceptors (Lipinski definition) is 4. The normalized spacial score (nSPS) is 12.0. The Kier molecular flexibility index (Phi) is 7.53. The second-order valence-electron chi connectivity index (χ2n) is 9.74. The molecule has 2 heterocycles. The lowest BCUT2D eigenvalue weighted by molar-refractivity contribution is -0.137. The van der Waals surface area contributed by atoms with Crippen molar-refractivity contribution in [2.75, 3.05) is 18.0 Å². The van der Waals surface area contributed by atoms with E-state index in [1.807, 2.05) is 19.9 Å². The molecule has 210 valence electrons. The number of aromatic nitrogens is 3. The minimum Gasteiger partial charge on any atom is -0.372 e. The summed E-state index contributed by atoms with van der Waals surface area (Å²) in [5.74, 6) is 0.0249. The number of para-hydroxylation sites is 1. The van der Waals surface area contributed by atoms with Crippen LogP contribution in [-0.4, -0.2) is 33.5 Å². The number of halogens is 3. The Morgan fingerprint density at radius 2 is 1.63 bits per heavy atom. The number of aryl methyl sites for hydroxylation is 1. The second-order valence-corrected chi connectivity index (χ2v) is 9.74. The van der Waals surface area contributed by atoms with Crippen molar-refractivity contribution >= 4 is 22.8 Å². The molecule has 0 bridgehead atoms. The Morgan fingerprint density at radius 3 is 2.32 bits per heavy atom. The number of alkyl halides is 3. The van der Waals surface area contributed by atoms with E-state index in [0.717, 1.165) is 58.2 Å². The quantitative estimate of drug-likeness (QED) is 0.199. The SMILES string of the molecule is CCN(CC)c1ccc(-n2c(C)cc(C=Nn3c(-c4cccc(C(F)(F)F)c4)nc4ccccc4c3=O)c2C)cc1. The fraction of sp³-hybridized carbons (Fsp3) is 0.219. The Balaban J connectivity index is 1.59. The summed E-state index contributed by atoms with van der Waals surface area (Å²) in [4.78, 5) is 20.3. The van der Waals surface area contributed by atoms with Gasteiger partial charge in [0.2, 0.25) is 0 Å². The predicted octanol–water partition coefficient (Wildman–Crippen LogP) is 7.22. The third kappa shape index (κ3) is 5.39. The van der Waals surface area contributed by atoms with Crippen molar-refractivity contribution < 1.29 is 13.2 Å². The number of fused-ring (bicyclic) bond motifs is 1. The van der Waals surface area contributed by atoms with Crippen LogP contribution in [0, 0.1) is 13.8 Å². The van der Waals surface area contributed by atoms with Gasteiger partial charge >= 0.3 is 6.18 Å². The number of anilines is 1. The van der Waals surface area contributed by atoms with Crippen LogP contribution in [-0.2, 0) is 6.18 Å². The third-order valence-corrected chi connectivity index (χ3v) is 7.22. The molecule has 41 heavy (non-hydrogen) atoms. The standard InChI is InChI=1S/C32H30F3N5O/c1-5-38(6-2)26-14-16-27(17-15-26)39-21(3)18-24(22(39)4)20-36-40-30(23-10-9-11-25(19-23)32(33,34)35)37-29-13-8-7-12-28(29)31(40)41/h7-20H,5-6H2,1-4H3. The molecule has 9 heteroatoms. The van der Waals surface area contributed by atoms with Gasteiger partial charge in [0, 0.05) is 47.0 Å². The molecule has 0 saturated heterocycles. The van der Waals surface area contributed by atoms with E-state index in [1.165, 1.54) is 12.1 Å². The molecule has 0 atom stereocenters. The highest BCUT2D eigenvalue weighted by atomic mass is 19.4. The Hall–Kier alpha value is -4.66. The number of rotatable bonds is 7. The van der Waals surface area contributed by atoms with Gasteiger partial charge in [-0.25, -0.2) is 4.98 Å². The fourth-order valence-electron chi connectivity index (χ4n) is 5.09. The smallest absolute Gasteiger partial charge is 0.372 e. The molecule has 0 aliphatic carbocycles. The summed E-state index contributed by atoms with van der Waals surface area (Å²) in [6.07, 6.45) is -2.99. The zero-order valence-corrected chi connectivity index (χ0v) is 23.3. The number of hydrogen-bond donors (Lipinski definition) is 0. The summed E-state index contributed by atoms with van der Waals surface area (Å²) in [7, 11) is 0. The summed E-state index contributed by atoms with van der Waals surface area (Å²) < 4.78 is 43.6. The second kappa shape index (κ2) is 11.1. The van der Waals surface area contributed by atoms with E-state index in [-0.39, 0.29) is 11.4 Å². The molecule has 2 aromatic heterocycles. The van der Waals surface area contributed by atoms with Crippen LogP contribution in [0.1, 0.15) is 36.4 Å². The molecule has 0 N–H and O–H groups in total. The van der Waals surface area contributed by atoms with E-state index >= 15 is 0 Å². The van der Waals surface area contributed by atoms with E-state index in [2.05, 4.69) is 57.7 Å². The first-order valence-corrected chi connectivity index (χ1v) is 13.4. The van der Waals surface area contributed by atoms with Gasteiger partial charge in [0.1, 0.15) is 0 Å². The van der Waals surface area contributed by atoms with Crippen molar-refractivity contribution in [3.8, 4) is 17.1 Å². The molecule has 0 unspecified atom stereocenters. The molecule has 0 fully saturated rings. The highest BCUT2D eigenvalue weighted by molar-refractivity contribution is 5.83. The van der Waals surface area contributed by atoms with Crippen LogP contribution in [0.15, 0.2) is 88.8 Å². The monoisotopic (exact) mass is 557 g/mol. The van der Waals surface area contributed by atoms with Crippen LogP contribution in [0.4, 0.5) is 18.9 Å². The maximum Gasteiger partial charge on any atom is 0.416 e. The summed E-state index contributed by atoms with van der Waals surface area (Å²) in [5, 5.41) is 4.80. The first-order chi connectivity index (χ1) is 19.6. The average molecular weight is 558 g/mol. The molecular formula is C32H30F3N5O. The van der Waals surface area contributed by atoms with Gasteiger partial charge in [-0.05, 0) is 82.3 Å². The first-order valence-electron chi connectivity index (χ1n) is 13.4. The third-order valence-electron chi connectivity index (χ3n) is 7.22.